The molecule has 1 aliphatic rings. The zero-order chi connectivity index (χ0) is 19.8. The molecule has 0 aliphatic carbocycles. The number of carbonyl (C=O) groups is 2. The first kappa shape index (κ1) is 20.3. The Kier molecular flexibility index (Phi) is 7.36. The smallest absolute Gasteiger partial charge is 0.286 e. The van der Waals surface area contributed by atoms with Crippen LogP contribution < -0.4 is 10.1 Å². The minimum atomic E-state index is -0.283. The molecule has 28 heavy (non-hydrogen) atoms. The maximum Gasteiger partial charge on any atom is 0.286 e. The summed E-state index contributed by atoms with van der Waals surface area (Å²) in [7, 11) is 1.60. The van der Waals surface area contributed by atoms with E-state index in [0.29, 0.717) is 23.5 Å². The van der Waals surface area contributed by atoms with E-state index < -0.39 is 0 Å². The molecule has 2 aromatic rings. The fourth-order valence-electron chi connectivity index (χ4n) is 3.17. The number of aromatic nitrogens is 2. The summed E-state index contributed by atoms with van der Waals surface area (Å²) in [6, 6.07) is 7.10. The van der Waals surface area contributed by atoms with Gasteiger partial charge in [0.25, 0.3) is 5.91 Å². The van der Waals surface area contributed by atoms with Crippen molar-refractivity contribution in [1.29, 1.82) is 0 Å². The number of benzene rings is 1. The predicted octanol–water partition coefficient (Wildman–Crippen LogP) is 3.52. The summed E-state index contributed by atoms with van der Waals surface area (Å²) in [5.41, 5.74) is 0.672. The Morgan fingerprint density at radius 1 is 1.11 bits per heavy atom. The number of nitrogens with one attached hydrogen (secondary N) is 1. The zero-order valence-electron chi connectivity index (χ0n) is 16.1. The van der Waals surface area contributed by atoms with Crippen molar-refractivity contribution in [3.8, 4) is 5.75 Å². The molecule has 1 aromatic carbocycles. The van der Waals surface area contributed by atoms with Gasteiger partial charge in [-0.05, 0) is 43.5 Å². The molecule has 0 atom stereocenters. The summed E-state index contributed by atoms with van der Waals surface area (Å²) in [6.07, 6.45) is 6.56. The quantitative estimate of drug-likeness (QED) is 0.766. The molecule has 2 heterocycles. The lowest BCUT2D eigenvalue weighted by Gasteiger charge is -2.19. The lowest BCUT2D eigenvalue weighted by molar-refractivity contribution is -0.131. The number of ether oxygens (including phenoxy) is 1. The van der Waals surface area contributed by atoms with Gasteiger partial charge in [-0.25, -0.2) is 0 Å². The number of anilines is 1. The van der Waals surface area contributed by atoms with Crippen LogP contribution in [0.3, 0.4) is 0 Å². The van der Waals surface area contributed by atoms with Crippen molar-refractivity contribution in [2.75, 3.05) is 25.5 Å². The van der Waals surface area contributed by atoms with E-state index in [4.69, 9.17) is 4.74 Å². The van der Waals surface area contributed by atoms with Gasteiger partial charge in [0.05, 0.1) is 7.11 Å². The maximum atomic E-state index is 12.3. The van der Waals surface area contributed by atoms with Crippen molar-refractivity contribution in [3.63, 3.8) is 0 Å². The molecule has 0 saturated carbocycles. The number of amides is 2. The average molecular weight is 403 g/mol. The number of hydrogen-bond acceptors (Lipinski definition) is 6. The van der Waals surface area contributed by atoms with Crippen LogP contribution >= 0.6 is 11.3 Å². The van der Waals surface area contributed by atoms with Crippen LogP contribution in [0, 0.1) is 0 Å². The largest absolute Gasteiger partial charge is 0.497 e. The Hall–Kier alpha value is -2.48. The van der Waals surface area contributed by atoms with Crippen molar-refractivity contribution < 1.29 is 14.3 Å². The highest BCUT2D eigenvalue weighted by atomic mass is 32.1. The minimum Gasteiger partial charge on any atom is -0.497 e. The summed E-state index contributed by atoms with van der Waals surface area (Å²) in [5.74, 6) is 0.671. The van der Waals surface area contributed by atoms with Crippen LogP contribution in [-0.4, -0.2) is 47.1 Å². The molecule has 3 rings (SSSR count). The summed E-state index contributed by atoms with van der Waals surface area (Å²) >= 11 is 1.27. The zero-order valence-corrected chi connectivity index (χ0v) is 17.0. The van der Waals surface area contributed by atoms with Crippen LogP contribution in [0.15, 0.2) is 24.3 Å². The van der Waals surface area contributed by atoms with E-state index in [0.717, 1.165) is 43.1 Å². The third-order valence-corrected chi connectivity index (χ3v) is 5.73. The fraction of sp³-hybridized carbons (Fsp3) is 0.500. The maximum absolute atomic E-state index is 12.3. The van der Waals surface area contributed by atoms with Crippen molar-refractivity contribution in [2.24, 2.45) is 0 Å². The lowest BCUT2D eigenvalue weighted by atomic mass is 10.2. The lowest BCUT2D eigenvalue weighted by Crippen LogP contribution is -2.31. The van der Waals surface area contributed by atoms with Crippen LogP contribution in [0.25, 0.3) is 0 Å². The Bertz CT molecular complexity index is 783. The van der Waals surface area contributed by atoms with Gasteiger partial charge >= 0.3 is 0 Å². The molecule has 1 aromatic heterocycles. The van der Waals surface area contributed by atoms with Crippen molar-refractivity contribution >= 4 is 28.8 Å². The van der Waals surface area contributed by atoms with Gasteiger partial charge in [0.2, 0.25) is 10.9 Å². The molecule has 1 fully saturated rings. The van der Waals surface area contributed by atoms with Crippen LogP contribution in [-0.2, 0) is 11.2 Å². The predicted molar refractivity (Wildman–Crippen MR) is 109 cm³/mol. The Morgan fingerprint density at radius 2 is 1.82 bits per heavy atom. The van der Waals surface area contributed by atoms with Gasteiger partial charge in [0.1, 0.15) is 10.8 Å². The summed E-state index contributed by atoms with van der Waals surface area (Å²) in [4.78, 5) is 26.6. The van der Waals surface area contributed by atoms with Gasteiger partial charge in [-0.2, -0.15) is 0 Å². The van der Waals surface area contributed by atoms with E-state index in [1.807, 2.05) is 4.90 Å². The van der Waals surface area contributed by atoms with Crippen molar-refractivity contribution in [1.82, 2.24) is 15.1 Å². The molecule has 0 radical (unpaired) electrons. The second kappa shape index (κ2) is 10.2. The van der Waals surface area contributed by atoms with Crippen molar-refractivity contribution in [3.05, 3.63) is 34.3 Å². The Balaban J connectivity index is 1.45. The summed E-state index contributed by atoms with van der Waals surface area (Å²) in [6.45, 7) is 1.76. The summed E-state index contributed by atoms with van der Waals surface area (Å²) in [5, 5.41) is 12.0. The molecule has 2 amide bonds. The summed E-state index contributed by atoms with van der Waals surface area (Å²) < 4.78 is 5.10. The van der Waals surface area contributed by atoms with Gasteiger partial charge in [0, 0.05) is 31.6 Å². The van der Waals surface area contributed by atoms with E-state index in [9.17, 15) is 9.59 Å². The first-order valence-electron chi connectivity index (χ1n) is 9.71. The number of carbonyl (C=O) groups excluding carboxylic acids is 2. The molecular weight excluding hydrogens is 376 g/mol. The normalized spacial score (nSPS) is 14.4. The standard InChI is InChI=1S/C20H26N4O3S/c1-27-16-11-9-15(10-12-16)21-19(26)20-23-22-17(28-20)7-6-8-18(25)24-13-4-2-3-5-14-24/h9-12H,2-8,13-14H2,1H3,(H,21,26). The molecule has 0 spiro atoms. The SMILES string of the molecule is COc1ccc(NC(=O)c2nnc(CCCC(=O)N3CCCCCC3)s2)cc1. The Labute approximate surface area is 169 Å². The molecule has 0 bridgehead atoms. The monoisotopic (exact) mass is 402 g/mol. The molecule has 1 aliphatic heterocycles. The number of nitrogens with zero attached hydrogens (tertiary/aromatic N) is 3. The number of hydrogen-bond donors (Lipinski definition) is 1. The highest BCUT2D eigenvalue weighted by Gasteiger charge is 2.16. The third kappa shape index (κ3) is 5.76. The molecule has 1 N–H and O–H groups in total. The second-order valence-corrected chi connectivity index (χ2v) is 7.89. The van der Waals surface area contributed by atoms with E-state index in [2.05, 4.69) is 15.5 Å². The molecular formula is C20H26N4O3S. The van der Waals surface area contributed by atoms with Crippen LogP contribution in [0.5, 0.6) is 5.75 Å². The number of aryl methyl sites for hydroxylation is 1. The van der Waals surface area contributed by atoms with E-state index in [1.54, 1.807) is 31.4 Å². The fourth-order valence-corrected chi connectivity index (χ4v) is 3.95. The molecule has 7 nitrogen and oxygen atoms in total. The second-order valence-electron chi connectivity index (χ2n) is 6.83. The highest BCUT2D eigenvalue weighted by Crippen LogP contribution is 2.18. The van der Waals surface area contributed by atoms with Crippen LogP contribution in [0.2, 0.25) is 0 Å². The number of likely N-dealkylation sites (tertiary alicyclic amines) is 1. The topological polar surface area (TPSA) is 84.4 Å². The van der Waals surface area contributed by atoms with E-state index >= 15 is 0 Å². The number of methoxy groups -OCH3 is 1. The molecule has 0 unspecified atom stereocenters. The van der Waals surface area contributed by atoms with Crippen LogP contribution in [0.4, 0.5) is 5.69 Å². The highest BCUT2D eigenvalue weighted by molar-refractivity contribution is 7.13. The first-order valence-corrected chi connectivity index (χ1v) is 10.5. The van der Waals surface area contributed by atoms with E-state index in [1.165, 1.54) is 24.2 Å². The number of rotatable bonds is 7. The first-order chi connectivity index (χ1) is 13.7. The average Bonchev–Trinajstić information content (AvgIpc) is 3.01. The van der Waals surface area contributed by atoms with Crippen molar-refractivity contribution in [2.45, 2.75) is 44.9 Å². The van der Waals surface area contributed by atoms with E-state index in [-0.39, 0.29) is 11.8 Å². The third-order valence-electron chi connectivity index (χ3n) is 4.75. The molecule has 8 heteroatoms. The Morgan fingerprint density at radius 3 is 2.50 bits per heavy atom. The van der Waals surface area contributed by atoms with Gasteiger partial charge in [-0.3, -0.25) is 9.59 Å². The van der Waals surface area contributed by atoms with Gasteiger partial charge in [-0.15, -0.1) is 10.2 Å². The van der Waals surface area contributed by atoms with Gasteiger partial charge < -0.3 is 15.0 Å². The molecule has 1 saturated heterocycles. The van der Waals surface area contributed by atoms with Gasteiger partial charge in [0.15, 0.2) is 0 Å². The van der Waals surface area contributed by atoms with Crippen LogP contribution in [0.1, 0.15) is 53.3 Å². The van der Waals surface area contributed by atoms with Gasteiger partial charge in [-0.1, -0.05) is 24.2 Å². The minimum absolute atomic E-state index is 0.226. The molecule has 150 valence electrons.